The van der Waals surface area contributed by atoms with Crippen LogP contribution >= 0.6 is 11.8 Å². The molecular formula is C19H29N3OS. The minimum absolute atomic E-state index is 0.203. The molecule has 1 aromatic rings. The van der Waals surface area contributed by atoms with Crippen LogP contribution in [0.5, 0.6) is 0 Å². The summed E-state index contributed by atoms with van der Waals surface area (Å²) < 4.78 is 0. The predicted molar refractivity (Wildman–Crippen MR) is 102 cm³/mol. The van der Waals surface area contributed by atoms with Crippen LogP contribution < -0.4 is 0 Å². The molecule has 5 heteroatoms. The zero-order valence-corrected chi connectivity index (χ0v) is 15.7. The summed E-state index contributed by atoms with van der Waals surface area (Å²) >= 11 is 2.00. The molecule has 2 aliphatic rings. The number of hydrogen-bond acceptors (Lipinski definition) is 4. The highest BCUT2D eigenvalue weighted by molar-refractivity contribution is 8.00. The van der Waals surface area contributed by atoms with Gasteiger partial charge < -0.3 is 9.80 Å². The van der Waals surface area contributed by atoms with Crippen LogP contribution in [-0.2, 0) is 6.54 Å². The molecule has 3 rings (SSSR count). The number of rotatable bonds is 4. The first kappa shape index (κ1) is 17.8. The van der Waals surface area contributed by atoms with E-state index >= 15 is 0 Å². The molecule has 132 valence electrons. The van der Waals surface area contributed by atoms with E-state index in [1.165, 1.54) is 5.56 Å². The number of carbonyl (C=O) groups is 1. The number of benzene rings is 1. The van der Waals surface area contributed by atoms with Crippen LogP contribution in [0.3, 0.4) is 0 Å². The second kappa shape index (κ2) is 8.37. The minimum Gasteiger partial charge on any atom is -0.337 e. The molecule has 1 atom stereocenters. The van der Waals surface area contributed by atoms with Crippen molar-refractivity contribution < 1.29 is 4.79 Å². The molecule has 0 aromatic heterocycles. The fraction of sp³-hybridized carbons (Fsp3) is 0.632. The van der Waals surface area contributed by atoms with Gasteiger partial charge >= 0.3 is 0 Å². The van der Waals surface area contributed by atoms with E-state index in [2.05, 4.69) is 35.9 Å². The van der Waals surface area contributed by atoms with Gasteiger partial charge in [-0.3, -0.25) is 9.69 Å². The lowest BCUT2D eigenvalue weighted by atomic mass is 10.1. The SMILES string of the molecule is CCC1CN(C(=O)c2cccc(CN3CCN(C)CC3)c2)CCS1. The maximum atomic E-state index is 12.8. The molecule has 1 unspecified atom stereocenters. The van der Waals surface area contributed by atoms with Gasteiger partial charge in [0.1, 0.15) is 0 Å². The Morgan fingerprint density at radius 2 is 2.00 bits per heavy atom. The lowest BCUT2D eigenvalue weighted by Gasteiger charge is -2.33. The second-order valence-corrected chi connectivity index (χ2v) is 8.34. The van der Waals surface area contributed by atoms with Crippen molar-refractivity contribution in [3.63, 3.8) is 0 Å². The lowest BCUT2D eigenvalue weighted by molar-refractivity contribution is 0.0760. The van der Waals surface area contributed by atoms with Crippen LogP contribution in [0.4, 0.5) is 0 Å². The highest BCUT2D eigenvalue weighted by Gasteiger charge is 2.24. The van der Waals surface area contributed by atoms with Crippen molar-refractivity contribution in [1.82, 2.24) is 14.7 Å². The van der Waals surface area contributed by atoms with E-state index in [1.807, 2.05) is 28.8 Å². The Balaban J connectivity index is 1.63. The molecule has 2 aliphatic heterocycles. The first-order chi connectivity index (χ1) is 11.7. The van der Waals surface area contributed by atoms with Crippen molar-refractivity contribution in [2.45, 2.75) is 25.1 Å². The number of likely N-dealkylation sites (N-methyl/N-ethyl adjacent to an activating group) is 1. The van der Waals surface area contributed by atoms with E-state index in [0.717, 1.165) is 63.6 Å². The largest absolute Gasteiger partial charge is 0.337 e. The topological polar surface area (TPSA) is 26.8 Å². The van der Waals surface area contributed by atoms with E-state index in [1.54, 1.807) is 0 Å². The Labute approximate surface area is 150 Å². The maximum Gasteiger partial charge on any atom is 0.253 e. The van der Waals surface area contributed by atoms with Gasteiger partial charge in [-0.15, -0.1) is 0 Å². The van der Waals surface area contributed by atoms with Crippen molar-refractivity contribution >= 4 is 17.7 Å². The molecule has 1 aromatic carbocycles. The molecular weight excluding hydrogens is 318 g/mol. The van der Waals surface area contributed by atoms with Crippen molar-refractivity contribution in [3.8, 4) is 0 Å². The van der Waals surface area contributed by atoms with Gasteiger partial charge in [-0.25, -0.2) is 0 Å². The summed E-state index contributed by atoms with van der Waals surface area (Å²) in [6.07, 6.45) is 1.14. The summed E-state index contributed by atoms with van der Waals surface area (Å²) in [4.78, 5) is 19.7. The van der Waals surface area contributed by atoms with E-state index in [9.17, 15) is 4.79 Å². The fourth-order valence-electron chi connectivity index (χ4n) is 3.40. The van der Waals surface area contributed by atoms with Gasteiger partial charge in [0.15, 0.2) is 0 Å². The Morgan fingerprint density at radius 3 is 2.75 bits per heavy atom. The fourth-order valence-corrected chi connectivity index (χ4v) is 4.58. The van der Waals surface area contributed by atoms with Gasteiger partial charge in [0.2, 0.25) is 0 Å². The lowest BCUT2D eigenvalue weighted by Crippen LogP contribution is -2.44. The monoisotopic (exact) mass is 347 g/mol. The summed E-state index contributed by atoms with van der Waals surface area (Å²) in [6.45, 7) is 9.40. The summed E-state index contributed by atoms with van der Waals surface area (Å²) in [6, 6.07) is 8.26. The standard InChI is InChI=1S/C19H29N3OS/c1-3-18-15-22(11-12-24-18)19(23)17-6-4-5-16(13-17)14-21-9-7-20(2)8-10-21/h4-6,13,18H,3,7-12,14-15H2,1-2H3. The molecule has 0 bridgehead atoms. The number of carbonyl (C=O) groups excluding carboxylic acids is 1. The van der Waals surface area contributed by atoms with Crippen LogP contribution in [0.2, 0.25) is 0 Å². The number of amides is 1. The Bertz CT molecular complexity index is 557. The van der Waals surface area contributed by atoms with Crippen molar-refractivity contribution in [1.29, 1.82) is 0 Å². The molecule has 4 nitrogen and oxygen atoms in total. The third-order valence-corrected chi connectivity index (χ3v) is 6.43. The molecule has 0 radical (unpaired) electrons. The van der Waals surface area contributed by atoms with E-state index in [-0.39, 0.29) is 5.91 Å². The summed E-state index contributed by atoms with van der Waals surface area (Å²) in [5.41, 5.74) is 2.10. The number of thioether (sulfide) groups is 1. The second-order valence-electron chi connectivity index (χ2n) is 6.93. The average molecular weight is 348 g/mol. The van der Waals surface area contributed by atoms with Gasteiger partial charge in [0.05, 0.1) is 0 Å². The predicted octanol–water partition coefficient (Wildman–Crippen LogP) is 2.40. The van der Waals surface area contributed by atoms with Crippen LogP contribution in [0.1, 0.15) is 29.3 Å². The molecule has 1 amide bonds. The van der Waals surface area contributed by atoms with Crippen molar-refractivity contribution in [2.75, 3.05) is 52.1 Å². The van der Waals surface area contributed by atoms with Gasteiger partial charge in [-0.2, -0.15) is 11.8 Å². The molecule has 2 saturated heterocycles. The Kier molecular flexibility index (Phi) is 6.19. The average Bonchev–Trinajstić information content (AvgIpc) is 2.63. The number of hydrogen-bond donors (Lipinski definition) is 0. The van der Waals surface area contributed by atoms with Crippen molar-refractivity contribution in [2.24, 2.45) is 0 Å². The van der Waals surface area contributed by atoms with Crippen molar-refractivity contribution in [3.05, 3.63) is 35.4 Å². The van der Waals surface area contributed by atoms with Crippen LogP contribution in [0.25, 0.3) is 0 Å². The Morgan fingerprint density at radius 1 is 1.21 bits per heavy atom. The summed E-state index contributed by atoms with van der Waals surface area (Å²) in [5.74, 6) is 1.26. The third kappa shape index (κ3) is 4.52. The normalized spacial score (nSPS) is 23.4. The zero-order chi connectivity index (χ0) is 16.9. The quantitative estimate of drug-likeness (QED) is 0.836. The van der Waals surface area contributed by atoms with E-state index in [0.29, 0.717) is 5.25 Å². The van der Waals surface area contributed by atoms with E-state index in [4.69, 9.17) is 0 Å². The minimum atomic E-state index is 0.203. The maximum absolute atomic E-state index is 12.8. The summed E-state index contributed by atoms with van der Waals surface area (Å²) in [7, 11) is 2.18. The van der Waals surface area contributed by atoms with Gasteiger partial charge in [-0.05, 0) is 31.2 Å². The number of piperazine rings is 1. The Hall–Kier alpha value is -1.04. The molecule has 0 aliphatic carbocycles. The first-order valence-corrected chi connectivity index (χ1v) is 10.1. The van der Waals surface area contributed by atoms with Gasteiger partial charge in [0.25, 0.3) is 5.91 Å². The molecule has 0 saturated carbocycles. The first-order valence-electron chi connectivity index (χ1n) is 9.06. The van der Waals surface area contributed by atoms with Crippen LogP contribution in [0.15, 0.2) is 24.3 Å². The molecule has 2 fully saturated rings. The van der Waals surface area contributed by atoms with E-state index < -0.39 is 0 Å². The van der Waals surface area contributed by atoms with Crippen LogP contribution in [-0.4, -0.2) is 77.9 Å². The van der Waals surface area contributed by atoms with Gasteiger partial charge in [-0.1, -0.05) is 19.1 Å². The third-order valence-electron chi connectivity index (χ3n) is 5.06. The summed E-state index contributed by atoms with van der Waals surface area (Å²) in [5, 5.41) is 0.594. The smallest absolute Gasteiger partial charge is 0.253 e. The highest BCUT2D eigenvalue weighted by atomic mass is 32.2. The van der Waals surface area contributed by atoms with Gasteiger partial charge in [0, 0.05) is 62.4 Å². The number of nitrogens with zero attached hydrogens (tertiary/aromatic N) is 3. The molecule has 24 heavy (non-hydrogen) atoms. The van der Waals surface area contributed by atoms with Crippen LogP contribution in [0, 0.1) is 0 Å². The molecule has 0 N–H and O–H groups in total. The molecule has 2 heterocycles. The highest BCUT2D eigenvalue weighted by Crippen LogP contribution is 2.22. The molecule has 0 spiro atoms. The zero-order valence-electron chi connectivity index (χ0n) is 14.9.